The summed E-state index contributed by atoms with van der Waals surface area (Å²) in [5.41, 5.74) is 0.0668. The van der Waals surface area contributed by atoms with Gasteiger partial charge in [-0.1, -0.05) is 23.7 Å². The number of hydrogen-bond acceptors (Lipinski definition) is 5. The summed E-state index contributed by atoms with van der Waals surface area (Å²) in [5, 5.41) is 2.90. The zero-order chi connectivity index (χ0) is 20.0. The summed E-state index contributed by atoms with van der Waals surface area (Å²) >= 11 is 5.89. The maximum absolute atomic E-state index is 12.4. The summed E-state index contributed by atoms with van der Waals surface area (Å²) in [4.78, 5) is 24.5. The van der Waals surface area contributed by atoms with Crippen molar-refractivity contribution in [2.24, 2.45) is 0 Å². The van der Waals surface area contributed by atoms with Gasteiger partial charge in [-0.25, -0.2) is 4.79 Å². The van der Waals surface area contributed by atoms with Crippen LogP contribution in [-0.2, 0) is 9.53 Å². The smallest absolute Gasteiger partial charge is 0.387 e. The third-order valence-electron chi connectivity index (χ3n) is 3.40. The summed E-state index contributed by atoms with van der Waals surface area (Å²) in [6.07, 6.45) is -1.22. The van der Waals surface area contributed by atoms with E-state index in [2.05, 4.69) is 10.1 Å². The maximum Gasteiger partial charge on any atom is 0.387 e. The molecule has 2 aromatic carbocycles. The second-order valence-corrected chi connectivity index (χ2v) is 5.69. The molecule has 0 aliphatic heterocycles. The zero-order valence-corrected chi connectivity index (χ0v) is 15.1. The lowest BCUT2D eigenvalue weighted by molar-refractivity contribution is -0.123. The summed E-state index contributed by atoms with van der Waals surface area (Å²) in [6, 6.07) is 9.95. The monoisotopic (exact) mass is 399 g/mol. The topological polar surface area (TPSA) is 73.9 Å². The van der Waals surface area contributed by atoms with Crippen LogP contribution in [0.15, 0.2) is 42.5 Å². The van der Waals surface area contributed by atoms with Crippen molar-refractivity contribution in [3.63, 3.8) is 0 Å². The van der Waals surface area contributed by atoms with E-state index in [-0.39, 0.29) is 11.3 Å². The quantitative estimate of drug-likeness (QED) is 0.708. The number of nitrogens with one attached hydrogen (secondary N) is 1. The van der Waals surface area contributed by atoms with E-state index in [9.17, 15) is 18.4 Å². The molecule has 1 N–H and O–H groups in total. The number of benzene rings is 2. The van der Waals surface area contributed by atoms with Gasteiger partial charge in [0.25, 0.3) is 5.91 Å². The van der Waals surface area contributed by atoms with Crippen LogP contribution in [0.25, 0.3) is 0 Å². The molecule has 2 rings (SSSR count). The van der Waals surface area contributed by atoms with E-state index in [0.717, 1.165) is 0 Å². The molecule has 0 aromatic heterocycles. The lowest BCUT2D eigenvalue weighted by Gasteiger charge is -2.16. The first kappa shape index (κ1) is 20.4. The highest BCUT2D eigenvalue weighted by molar-refractivity contribution is 6.31. The molecule has 2 aromatic rings. The van der Waals surface area contributed by atoms with Gasteiger partial charge >= 0.3 is 12.6 Å². The number of esters is 1. The number of amides is 1. The average molecular weight is 400 g/mol. The van der Waals surface area contributed by atoms with E-state index in [0.29, 0.717) is 16.5 Å². The van der Waals surface area contributed by atoms with Crippen molar-refractivity contribution in [1.82, 2.24) is 0 Å². The second kappa shape index (κ2) is 9.18. The molecule has 0 aliphatic carbocycles. The molecule has 0 bridgehead atoms. The molecule has 0 radical (unpaired) electrons. The van der Waals surface area contributed by atoms with Crippen molar-refractivity contribution in [3.05, 3.63) is 53.1 Å². The lowest BCUT2D eigenvalue weighted by Crippen LogP contribution is -2.30. The predicted molar refractivity (Wildman–Crippen MR) is 94.6 cm³/mol. The summed E-state index contributed by atoms with van der Waals surface area (Å²) in [6.45, 7) is -1.77. The average Bonchev–Trinajstić information content (AvgIpc) is 2.61. The van der Waals surface area contributed by atoms with E-state index < -0.39 is 24.6 Å². The minimum atomic E-state index is -3.10. The van der Waals surface area contributed by atoms with Crippen LogP contribution >= 0.6 is 11.6 Å². The van der Waals surface area contributed by atoms with Crippen LogP contribution in [0.5, 0.6) is 11.5 Å². The summed E-state index contributed by atoms with van der Waals surface area (Å²) in [5.74, 6) is -1.62. The van der Waals surface area contributed by atoms with Gasteiger partial charge in [0.1, 0.15) is 17.1 Å². The molecule has 0 fully saturated rings. The largest absolute Gasteiger partial charge is 0.495 e. The van der Waals surface area contributed by atoms with Gasteiger partial charge in [0.05, 0.1) is 12.8 Å². The number of hydrogen-bond donors (Lipinski definition) is 1. The van der Waals surface area contributed by atoms with Crippen molar-refractivity contribution < 1.29 is 32.6 Å². The molecule has 6 nitrogen and oxygen atoms in total. The molecule has 0 spiro atoms. The first-order valence-electron chi connectivity index (χ1n) is 7.71. The van der Waals surface area contributed by atoms with Crippen molar-refractivity contribution >= 4 is 29.2 Å². The molecule has 0 heterocycles. The number of methoxy groups -OCH3 is 1. The SMILES string of the molecule is COc1ccc(Cl)cc1NC(=O)[C@H](C)OC(=O)c1ccccc1OC(F)F. The number of carbonyl (C=O) groups excluding carboxylic acids is 2. The standard InChI is InChI=1S/C18H16ClF2NO5/c1-10(16(23)22-13-9-11(19)7-8-15(13)25-2)26-17(24)12-5-3-4-6-14(12)27-18(20)21/h3-10,18H,1-2H3,(H,22,23)/t10-/m0/s1. The van der Waals surface area contributed by atoms with Crippen LogP contribution in [-0.4, -0.2) is 31.7 Å². The van der Waals surface area contributed by atoms with Crippen LogP contribution in [0.2, 0.25) is 5.02 Å². The first-order valence-corrected chi connectivity index (χ1v) is 8.09. The van der Waals surface area contributed by atoms with Gasteiger partial charge in [0.15, 0.2) is 6.10 Å². The van der Waals surface area contributed by atoms with Crippen LogP contribution in [0, 0.1) is 0 Å². The van der Waals surface area contributed by atoms with E-state index in [1.807, 2.05) is 0 Å². The maximum atomic E-state index is 12.4. The molecule has 9 heteroatoms. The Hall–Kier alpha value is -2.87. The Morgan fingerprint density at radius 1 is 1.11 bits per heavy atom. The number of para-hydroxylation sites is 1. The van der Waals surface area contributed by atoms with Crippen molar-refractivity contribution in [2.45, 2.75) is 19.6 Å². The Morgan fingerprint density at radius 3 is 2.48 bits per heavy atom. The van der Waals surface area contributed by atoms with E-state index in [4.69, 9.17) is 21.1 Å². The molecule has 0 aliphatic rings. The Kier molecular flexibility index (Phi) is 6.95. The van der Waals surface area contributed by atoms with E-state index >= 15 is 0 Å². The van der Waals surface area contributed by atoms with Crippen LogP contribution in [0.1, 0.15) is 17.3 Å². The first-order chi connectivity index (χ1) is 12.8. The van der Waals surface area contributed by atoms with Crippen LogP contribution in [0.4, 0.5) is 14.5 Å². The molecule has 0 saturated heterocycles. The minimum Gasteiger partial charge on any atom is -0.495 e. The van der Waals surface area contributed by atoms with E-state index in [1.165, 1.54) is 44.4 Å². The number of alkyl halides is 2. The third-order valence-corrected chi connectivity index (χ3v) is 3.63. The number of halogens is 3. The Balaban J connectivity index is 2.09. The third kappa shape index (κ3) is 5.55. The van der Waals surface area contributed by atoms with Gasteiger partial charge in [-0.15, -0.1) is 0 Å². The molecule has 0 unspecified atom stereocenters. The zero-order valence-electron chi connectivity index (χ0n) is 14.4. The number of anilines is 1. The highest BCUT2D eigenvalue weighted by Gasteiger charge is 2.23. The molecule has 27 heavy (non-hydrogen) atoms. The summed E-state index contributed by atoms with van der Waals surface area (Å²) in [7, 11) is 1.42. The minimum absolute atomic E-state index is 0.224. The molecule has 144 valence electrons. The fraction of sp³-hybridized carbons (Fsp3) is 0.222. The van der Waals surface area contributed by atoms with Crippen molar-refractivity contribution in [3.8, 4) is 11.5 Å². The number of carbonyl (C=O) groups is 2. The molecular weight excluding hydrogens is 384 g/mol. The van der Waals surface area contributed by atoms with Crippen LogP contribution in [0.3, 0.4) is 0 Å². The van der Waals surface area contributed by atoms with Crippen molar-refractivity contribution in [2.75, 3.05) is 12.4 Å². The highest BCUT2D eigenvalue weighted by atomic mass is 35.5. The molecule has 0 saturated carbocycles. The van der Waals surface area contributed by atoms with Gasteiger partial charge in [-0.05, 0) is 37.3 Å². The van der Waals surface area contributed by atoms with E-state index in [1.54, 1.807) is 12.1 Å². The lowest BCUT2D eigenvalue weighted by atomic mass is 10.2. The van der Waals surface area contributed by atoms with Gasteiger partial charge in [-0.3, -0.25) is 4.79 Å². The van der Waals surface area contributed by atoms with Gasteiger partial charge < -0.3 is 19.5 Å². The Labute approximate surface area is 159 Å². The van der Waals surface area contributed by atoms with Crippen molar-refractivity contribution in [1.29, 1.82) is 0 Å². The van der Waals surface area contributed by atoms with Gasteiger partial charge in [-0.2, -0.15) is 8.78 Å². The summed E-state index contributed by atoms with van der Waals surface area (Å²) < 4.78 is 39.3. The fourth-order valence-corrected chi connectivity index (χ4v) is 2.30. The molecule has 1 amide bonds. The number of ether oxygens (including phenoxy) is 3. The second-order valence-electron chi connectivity index (χ2n) is 5.26. The van der Waals surface area contributed by atoms with Gasteiger partial charge in [0, 0.05) is 5.02 Å². The normalized spacial score (nSPS) is 11.6. The molecule has 1 atom stereocenters. The predicted octanol–water partition coefficient (Wildman–Crippen LogP) is 4.13. The Bertz CT molecular complexity index is 831. The number of rotatable bonds is 7. The van der Waals surface area contributed by atoms with Crippen LogP contribution < -0.4 is 14.8 Å². The molecular formula is C18H16ClF2NO5. The Morgan fingerprint density at radius 2 is 1.81 bits per heavy atom. The van der Waals surface area contributed by atoms with Gasteiger partial charge in [0.2, 0.25) is 0 Å². The highest BCUT2D eigenvalue weighted by Crippen LogP contribution is 2.28. The fourth-order valence-electron chi connectivity index (χ4n) is 2.12.